The van der Waals surface area contributed by atoms with Crippen molar-refractivity contribution in [2.45, 2.75) is 116 Å². The van der Waals surface area contributed by atoms with E-state index in [2.05, 4.69) is 73.5 Å². The highest BCUT2D eigenvalue weighted by Gasteiger charge is 2.50. The van der Waals surface area contributed by atoms with Crippen molar-refractivity contribution in [2.75, 3.05) is 13.1 Å². The number of amides is 1. The summed E-state index contributed by atoms with van der Waals surface area (Å²) < 4.78 is 13.5. The number of carboxylic acids is 1. The van der Waals surface area contributed by atoms with Crippen LogP contribution in [-0.2, 0) is 32.2 Å². The highest BCUT2D eigenvalue weighted by atomic mass is 16.7. The van der Waals surface area contributed by atoms with Crippen molar-refractivity contribution in [3.8, 4) is 11.1 Å². The van der Waals surface area contributed by atoms with Gasteiger partial charge in [0, 0.05) is 50.5 Å². The summed E-state index contributed by atoms with van der Waals surface area (Å²) in [5.41, 5.74) is 6.81. The number of likely N-dealkylation sites (tertiary alicyclic amines) is 1. The quantitative estimate of drug-likeness (QED) is 0.148. The number of nitrogens with zero attached hydrogens (tertiary/aromatic N) is 1. The van der Waals surface area contributed by atoms with Gasteiger partial charge in [-0.15, -0.1) is 0 Å². The Hall–Kier alpha value is -3.56. The lowest BCUT2D eigenvalue weighted by Crippen LogP contribution is -2.42. The lowest BCUT2D eigenvalue weighted by Gasteiger charge is -2.41. The van der Waals surface area contributed by atoms with Crippen molar-refractivity contribution in [2.24, 2.45) is 10.8 Å². The fourth-order valence-electron chi connectivity index (χ4n) is 8.88. The van der Waals surface area contributed by atoms with Crippen LogP contribution in [0, 0.1) is 10.8 Å². The van der Waals surface area contributed by atoms with E-state index in [1.54, 1.807) is 0 Å². The third-order valence-corrected chi connectivity index (χ3v) is 10.9. The van der Waals surface area contributed by atoms with E-state index >= 15 is 0 Å². The van der Waals surface area contributed by atoms with E-state index in [0.29, 0.717) is 42.7 Å². The molecular formula is C42H54N2O6. The fraction of sp³-hybridized carbons (Fsp3) is 0.524. The van der Waals surface area contributed by atoms with Gasteiger partial charge in [-0.3, -0.25) is 14.5 Å². The smallest absolute Gasteiger partial charge is 0.303 e. The molecule has 3 aromatic rings. The van der Waals surface area contributed by atoms with Gasteiger partial charge in [0.2, 0.25) is 5.91 Å². The molecule has 8 nitrogen and oxygen atoms in total. The number of hydrogen-bond acceptors (Lipinski definition) is 6. The molecule has 8 heteroatoms. The number of fused-ring (bicyclic) bond motifs is 2. The second kappa shape index (κ2) is 15.8. The predicted molar refractivity (Wildman–Crippen MR) is 194 cm³/mol. The van der Waals surface area contributed by atoms with Crippen molar-refractivity contribution in [3.05, 3.63) is 95.1 Å². The van der Waals surface area contributed by atoms with E-state index in [1.807, 2.05) is 30.3 Å². The van der Waals surface area contributed by atoms with E-state index in [0.717, 1.165) is 59.3 Å². The minimum absolute atomic E-state index is 0.0171. The number of ether oxygens (including phenoxy) is 2. The number of benzene rings is 3. The van der Waals surface area contributed by atoms with Gasteiger partial charge >= 0.3 is 5.97 Å². The zero-order valence-corrected chi connectivity index (χ0v) is 29.9. The van der Waals surface area contributed by atoms with Crippen molar-refractivity contribution >= 4 is 11.9 Å². The molecule has 3 aromatic carbocycles. The third-order valence-electron chi connectivity index (χ3n) is 10.9. The minimum Gasteiger partial charge on any atom is -0.481 e. The number of carboxylic acid groups (broad SMARTS) is 1. The van der Waals surface area contributed by atoms with Crippen molar-refractivity contribution in [3.63, 3.8) is 0 Å². The first kappa shape index (κ1) is 36.2. The van der Waals surface area contributed by atoms with Crippen molar-refractivity contribution in [1.82, 2.24) is 10.2 Å². The van der Waals surface area contributed by atoms with Gasteiger partial charge in [0.15, 0.2) is 6.29 Å². The maximum absolute atomic E-state index is 12.5. The van der Waals surface area contributed by atoms with Crippen LogP contribution in [0.1, 0.15) is 113 Å². The Balaban J connectivity index is 1.14. The van der Waals surface area contributed by atoms with Gasteiger partial charge in [0.25, 0.3) is 0 Å². The monoisotopic (exact) mass is 682 g/mol. The van der Waals surface area contributed by atoms with E-state index in [1.165, 1.54) is 19.3 Å². The van der Waals surface area contributed by atoms with E-state index < -0.39 is 12.3 Å². The third kappa shape index (κ3) is 9.21. The van der Waals surface area contributed by atoms with Crippen LogP contribution in [0.4, 0.5) is 0 Å². The molecule has 0 aromatic heterocycles. The van der Waals surface area contributed by atoms with Crippen LogP contribution < -0.4 is 5.32 Å². The molecule has 6 rings (SSSR count). The molecule has 5 atom stereocenters. The first-order valence-corrected chi connectivity index (χ1v) is 18.4. The molecule has 2 aliphatic heterocycles. The van der Waals surface area contributed by atoms with Crippen molar-refractivity contribution in [1.29, 1.82) is 0 Å². The van der Waals surface area contributed by atoms with Crippen molar-refractivity contribution < 1.29 is 29.3 Å². The van der Waals surface area contributed by atoms with Gasteiger partial charge in [0.1, 0.15) is 0 Å². The largest absolute Gasteiger partial charge is 0.481 e. The number of unbranched alkanes of at least 4 members (excludes halogenated alkanes) is 2. The molecule has 3 N–H and O–H groups in total. The normalized spacial score (nSPS) is 26.1. The topological polar surface area (TPSA) is 108 Å². The maximum Gasteiger partial charge on any atom is 0.303 e. The number of aliphatic hydroxyl groups is 1. The van der Waals surface area contributed by atoms with Gasteiger partial charge in [-0.05, 0) is 70.8 Å². The number of rotatable bonds is 14. The number of hydrogen-bond donors (Lipinski definition) is 3. The molecule has 50 heavy (non-hydrogen) atoms. The Labute approximate surface area is 297 Å². The average Bonchev–Trinajstić information content (AvgIpc) is 3.33. The van der Waals surface area contributed by atoms with Gasteiger partial charge in [-0.25, -0.2) is 0 Å². The standard InChI is InChI=1S/C42H54N2O6/c1-41(2)22-34-23-42(3,27-41)28-44(34)25-35-21-37(31-15-13-29(26-45)14-16-31)50-40(49-35)32-19-17-30(18-20-32)36-10-8-7-9-33(36)24-43-38(46)11-5-4-6-12-39(47)48/h7-10,13-20,34-35,37,40,45H,4-6,11-12,21-28H2,1-3H3,(H,43,46)(H,47,48). The highest BCUT2D eigenvalue weighted by molar-refractivity contribution is 5.76. The second-order valence-electron chi connectivity index (χ2n) is 16.0. The molecule has 2 saturated heterocycles. The molecule has 5 unspecified atom stereocenters. The van der Waals surface area contributed by atoms with Crippen LogP contribution in [0.25, 0.3) is 11.1 Å². The maximum atomic E-state index is 12.5. The van der Waals surface area contributed by atoms with Crippen LogP contribution in [-0.4, -0.2) is 52.2 Å². The van der Waals surface area contributed by atoms with Gasteiger partial charge in [0.05, 0.1) is 18.8 Å². The molecule has 2 heterocycles. The second-order valence-corrected chi connectivity index (χ2v) is 16.0. The Morgan fingerprint density at radius 3 is 2.34 bits per heavy atom. The minimum atomic E-state index is -0.797. The van der Waals surface area contributed by atoms with E-state index in [4.69, 9.17) is 14.6 Å². The Morgan fingerprint density at radius 1 is 0.880 bits per heavy atom. The summed E-state index contributed by atoms with van der Waals surface area (Å²) in [6.07, 6.45) is 6.44. The number of nitrogens with one attached hydrogen (secondary N) is 1. The zero-order valence-electron chi connectivity index (χ0n) is 29.9. The van der Waals surface area contributed by atoms with Gasteiger partial charge in [-0.1, -0.05) is 100.0 Å². The number of aliphatic carboxylic acids is 1. The van der Waals surface area contributed by atoms with Crippen LogP contribution in [0.5, 0.6) is 0 Å². The summed E-state index contributed by atoms with van der Waals surface area (Å²) in [4.78, 5) is 25.9. The fourth-order valence-corrected chi connectivity index (χ4v) is 8.88. The SMILES string of the molecule is CC1(C)CC2CC(C)(CN2CC2CC(c3ccc(CO)cc3)OC(c3ccc(-c4ccccc4CNC(=O)CCCCCC(=O)O)cc3)O2)C1. The predicted octanol–water partition coefficient (Wildman–Crippen LogP) is 7.94. The molecule has 0 radical (unpaired) electrons. The van der Waals surface area contributed by atoms with Crippen LogP contribution in [0.15, 0.2) is 72.8 Å². The summed E-state index contributed by atoms with van der Waals surface area (Å²) in [5.74, 6) is -0.822. The summed E-state index contributed by atoms with van der Waals surface area (Å²) >= 11 is 0. The molecular weight excluding hydrogens is 628 g/mol. The van der Waals surface area contributed by atoms with Crippen LogP contribution in [0.2, 0.25) is 0 Å². The van der Waals surface area contributed by atoms with Gasteiger partial charge < -0.3 is 25.0 Å². The highest BCUT2D eigenvalue weighted by Crippen LogP contribution is 2.53. The Bertz CT molecular complexity index is 1610. The molecule has 3 fully saturated rings. The number of aliphatic hydroxyl groups excluding tert-OH is 1. The number of carbonyl (C=O) groups excluding carboxylic acids is 1. The summed E-state index contributed by atoms with van der Waals surface area (Å²) in [6.45, 7) is 9.74. The number of carbonyl (C=O) groups is 2. The van der Waals surface area contributed by atoms with Crippen LogP contribution >= 0.6 is 0 Å². The lowest BCUT2D eigenvalue weighted by molar-refractivity contribution is -0.253. The molecule has 1 amide bonds. The first-order chi connectivity index (χ1) is 24.0. The van der Waals surface area contributed by atoms with Gasteiger partial charge in [-0.2, -0.15) is 0 Å². The molecule has 3 aliphatic rings. The van der Waals surface area contributed by atoms with Crippen LogP contribution in [0.3, 0.4) is 0 Å². The first-order valence-electron chi connectivity index (χ1n) is 18.4. The van der Waals surface area contributed by atoms with E-state index in [-0.39, 0.29) is 31.1 Å². The molecule has 1 saturated carbocycles. The summed E-state index contributed by atoms with van der Waals surface area (Å²) in [7, 11) is 0. The molecule has 268 valence electrons. The Morgan fingerprint density at radius 2 is 1.60 bits per heavy atom. The average molecular weight is 683 g/mol. The summed E-state index contributed by atoms with van der Waals surface area (Å²) in [5, 5.41) is 21.5. The zero-order chi connectivity index (χ0) is 35.3. The summed E-state index contributed by atoms with van der Waals surface area (Å²) in [6, 6.07) is 25.2. The molecule has 1 aliphatic carbocycles. The molecule has 0 spiro atoms. The molecule has 2 bridgehead atoms. The lowest BCUT2D eigenvalue weighted by atomic mass is 9.65. The van der Waals surface area contributed by atoms with E-state index in [9.17, 15) is 14.7 Å². The Kier molecular flexibility index (Phi) is 11.4.